The fourth-order valence-corrected chi connectivity index (χ4v) is 3.17. The smallest absolute Gasteiger partial charge is 0.306 e. The second-order valence-corrected chi connectivity index (χ2v) is 6.06. The Labute approximate surface area is 140 Å². The first kappa shape index (κ1) is 16.3. The van der Waals surface area contributed by atoms with Gasteiger partial charge < -0.3 is 14.4 Å². The van der Waals surface area contributed by atoms with Gasteiger partial charge in [-0.3, -0.25) is 9.59 Å². The van der Waals surface area contributed by atoms with Gasteiger partial charge in [0, 0.05) is 36.5 Å². The van der Waals surface area contributed by atoms with Crippen LogP contribution in [-0.2, 0) is 16.0 Å². The SMILES string of the molecule is CCc1oc2ccccc2c1C=CC(=O)N1CCC(C(=O)O)CC1. The second-order valence-electron chi connectivity index (χ2n) is 6.06. The number of aryl methyl sites for hydroxylation is 1. The first-order valence-corrected chi connectivity index (χ1v) is 8.30. The lowest BCUT2D eigenvalue weighted by Crippen LogP contribution is -2.39. The molecule has 5 heteroatoms. The number of rotatable bonds is 4. The average molecular weight is 327 g/mol. The maximum absolute atomic E-state index is 12.4. The van der Waals surface area contributed by atoms with Crippen LogP contribution in [0.15, 0.2) is 34.8 Å². The van der Waals surface area contributed by atoms with E-state index < -0.39 is 5.97 Å². The van der Waals surface area contributed by atoms with E-state index in [1.54, 1.807) is 11.0 Å². The molecule has 0 radical (unpaired) electrons. The van der Waals surface area contributed by atoms with E-state index in [0.29, 0.717) is 25.9 Å². The van der Waals surface area contributed by atoms with E-state index >= 15 is 0 Å². The van der Waals surface area contributed by atoms with Crippen molar-refractivity contribution >= 4 is 28.9 Å². The van der Waals surface area contributed by atoms with Crippen molar-refractivity contribution in [1.82, 2.24) is 4.90 Å². The summed E-state index contributed by atoms with van der Waals surface area (Å²) >= 11 is 0. The molecule has 5 nitrogen and oxygen atoms in total. The maximum Gasteiger partial charge on any atom is 0.306 e. The molecule has 24 heavy (non-hydrogen) atoms. The van der Waals surface area contributed by atoms with Crippen LogP contribution < -0.4 is 0 Å². The van der Waals surface area contributed by atoms with Gasteiger partial charge in [0.15, 0.2) is 0 Å². The number of carbonyl (C=O) groups is 2. The molecule has 0 bridgehead atoms. The number of hydrogen-bond acceptors (Lipinski definition) is 3. The highest BCUT2D eigenvalue weighted by Gasteiger charge is 2.26. The molecule has 1 amide bonds. The zero-order valence-electron chi connectivity index (χ0n) is 13.7. The van der Waals surface area contributed by atoms with Crippen molar-refractivity contribution in [2.75, 3.05) is 13.1 Å². The van der Waals surface area contributed by atoms with E-state index in [9.17, 15) is 9.59 Å². The van der Waals surface area contributed by atoms with Crippen molar-refractivity contribution in [3.63, 3.8) is 0 Å². The number of fused-ring (bicyclic) bond motifs is 1. The Morgan fingerprint density at radius 1 is 1.29 bits per heavy atom. The van der Waals surface area contributed by atoms with Crippen LogP contribution in [0.5, 0.6) is 0 Å². The number of benzene rings is 1. The summed E-state index contributed by atoms with van der Waals surface area (Å²) in [5.74, 6) is -0.311. The lowest BCUT2D eigenvalue weighted by molar-refractivity contribution is -0.144. The average Bonchev–Trinajstić information content (AvgIpc) is 2.97. The zero-order chi connectivity index (χ0) is 17.1. The molecule has 1 N–H and O–H groups in total. The number of hydrogen-bond donors (Lipinski definition) is 1. The second kappa shape index (κ2) is 6.91. The lowest BCUT2D eigenvalue weighted by atomic mass is 9.97. The van der Waals surface area contributed by atoms with E-state index in [1.807, 2.05) is 37.3 Å². The standard InChI is InChI=1S/C19H21NO4/c1-2-16-15(14-5-3-4-6-17(14)24-16)7-8-18(21)20-11-9-13(10-12-20)19(22)23/h3-8,13H,2,9-12H2,1H3,(H,22,23). The molecule has 1 aliphatic rings. The highest BCUT2D eigenvalue weighted by atomic mass is 16.4. The van der Waals surface area contributed by atoms with Crippen molar-refractivity contribution in [1.29, 1.82) is 0 Å². The van der Waals surface area contributed by atoms with E-state index in [-0.39, 0.29) is 11.8 Å². The molecule has 1 aromatic heterocycles. The largest absolute Gasteiger partial charge is 0.481 e. The third-order valence-corrected chi connectivity index (χ3v) is 4.58. The van der Waals surface area contributed by atoms with Gasteiger partial charge in [-0.25, -0.2) is 0 Å². The number of amides is 1. The van der Waals surface area contributed by atoms with Crippen molar-refractivity contribution in [2.45, 2.75) is 26.2 Å². The van der Waals surface area contributed by atoms with Gasteiger partial charge in [-0.05, 0) is 25.0 Å². The summed E-state index contributed by atoms with van der Waals surface area (Å²) in [5.41, 5.74) is 1.77. The van der Waals surface area contributed by atoms with Crippen LogP contribution in [0.1, 0.15) is 31.1 Å². The Kier molecular flexibility index (Phi) is 4.69. The molecular formula is C19H21NO4. The summed E-state index contributed by atoms with van der Waals surface area (Å²) in [6.07, 6.45) is 5.17. The molecule has 2 heterocycles. The number of aliphatic carboxylic acids is 1. The Balaban J connectivity index is 1.74. The van der Waals surface area contributed by atoms with Crippen LogP contribution in [0.4, 0.5) is 0 Å². The number of para-hydroxylation sites is 1. The van der Waals surface area contributed by atoms with Gasteiger partial charge in [0.05, 0.1) is 5.92 Å². The minimum Gasteiger partial charge on any atom is -0.481 e. The summed E-state index contributed by atoms with van der Waals surface area (Å²) in [4.78, 5) is 25.1. The third-order valence-electron chi connectivity index (χ3n) is 4.58. The molecule has 0 atom stereocenters. The van der Waals surface area contributed by atoms with Gasteiger partial charge in [0.25, 0.3) is 0 Å². The summed E-state index contributed by atoms with van der Waals surface area (Å²) in [7, 11) is 0. The van der Waals surface area contributed by atoms with Crippen LogP contribution >= 0.6 is 0 Å². The molecule has 1 saturated heterocycles. The fourth-order valence-electron chi connectivity index (χ4n) is 3.17. The van der Waals surface area contributed by atoms with Crippen molar-refractivity contribution in [2.24, 2.45) is 5.92 Å². The summed E-state index contributed by atoms with van der Waals surface area (Å²) in [5, 5.41) is 10.0. The van der Waals surface area contributed by atoms with Gasteiger partial charge in [-0.2, -0.15) is 0 Å². The summed E-state index contributed by atoms with van der Waals surface area (Å²) in [6.45, 7) is 3.01. The van der Waals surface area contributed by atoms with Crippen LogP contribution in [0.2, 0.25) is 0 Å². The lowest BCUT2D eigenvalue weighted by Gasteiger charge is -2.29. The number of likely N-dealkylation sites (tertiary alicyclic amines) is 1. The minimum atomic E-state index is -0.768. The number of furan rings is 1. The molecule has 126 valence electrons. The number of piperidine rings is 1. The third kappa shape index (κ3) is 3.20. The maximum atomic E-state index is 12.4. The fraction of sp³-hybridized carbons (Fsp3) is 0.368. The van der Waals surface area contributed by atoms with Gasteiger partial charge in [0.1, 0.15) is 11.3 Å². The van der Waals surface area contributed by atoms with Crippen LogP contribution in [0, 0.1) is 5.92 Å². The first-order chi connectivity index (χ1) is 11.6. The Hall–Kier alpha value is -2.56. The van der Waals surface area contributed by atoms with Gasteiger partial charge in [-0.15, -0.1) is 0 Å². The Morgan fingerprint density at radius 2 is 2.00 bits per heavy atom. The Morgan fingerprint density at radius 3 is 2.67 bits per heavy atom. The van der Waals surface area contributed by atoms with Gasteiger partial charge >= 0.3 is 5.97 Å². The van der Waals surface area contributed by atoms with Crippen LogP contribution in [-0.4, -0.2) is 35.0 Å². The number of carboxylic acids is 1. The monoisotopic (exact) mass is 327 g/mol. The zero-order valence-corrected chi connectivity index (χ0v) is 13.7. The van der Waals surface area contributed by atoms with E-state index in [2.05, 4.69) is 0 Å². The van der Waals surface area contributed by atoms with Gasteiger partial charge in [-0.1, -0.05) is 25.1 Å². The molecule has 0 saturated carbocycles. The number of carboxylic acid groups (broad SMARTS) is 1. The summed E-state index contributed by atoms with van der Waals surface area (Å²) in [6, 6.07) is 7.79. The van der Waals surface area contributed by atoms with E-state index in [0.717, 1.165) is 28.7 Å². The highest BCUT2D eigenvalue weighted by molar-refractivity contribution is 5.96. The van der Waals surface area contributed by atoms with Crippen molar-refractivity contribution in [3.05, 3.63) is 41.7 Å². The number of nitrogens with zero attached hydrogens (tertiary/aromatic N) is 1. The van der Waals surface area contributed by atoms with Crippen LogP contribution in [0.3, 0.4) is 0 Å². The molecule has 1 fully saturated rings. The van der Waals surface area contributed by atoms with Gasteiger partial charge in [0.2, 0.25) is 5.91 Å². The molecule has 0 aliphatic carbocycles. The van der Waals surface area contributed by atoms with Crippen molar-refractivity contribution in [3.8, 4) is 0 Å². The molecule has 1 aromatic carbocycles. The van der Waals surface area contributed by atoms with E-state index in [4.69, 9.17) is 9.52 Å². The quantitative estimate of drug-likeness (QED) is 0.874. The Bertz CT molecular complexity index is 782. The molecule has 0 unspecified atom stereocenters. The highest BCUT2D eigenvalue weighted by Crippen LogP contribution is 2.27. The number of carbonyl (C=O) groups excluding carboxylic acids is 1. The topological polar surface area (TPSA) is 70.8 Å². The molecule has 0 spiro atoms. The molecule has 1 aliphatic heterocycles. The van der Waals surface area contributed by atoms with Crippen LogP contribution in [0.25, 0.3) is 17.0 Å². The van der Waals surface area contributed by atoms with E-state index in [1.165, 1.54) is 0 Å². The minimum absolute atomic E-state index is 0.0776. The molecular weight excluding hydrogens is 306 g/mol. The normalized spacial score (nSPS) is 16.1. The predicted molar refractivity (Wildman–Crippen MR) is 91.6 cm³/mol. The molecule has 3 rings (SSSR count). The molecule has 2 aromatic rings. The van der Waals surface area contributed by atoms with Crippen molar-refractivity contribution < 1.29 is 19.1 Å². The summed E-state index contributed by atoms with van der Waals surface area (Å²) < 4.78 is 5.83. The first-order valence-electron chi connectivity index (χ1n) is 8.30. The predicted octanol–water partition coefficient (Wildman–Crippen LogP) is 3.33.